The fourth-order valence-corrected chi connectivity index (χ4v) is 5.33. The van der Waals surface area contributed by atoms with Gasteiger partial charge in [-0.15, -0.1) is 11.3 Å². The van der Waals surface area contributed by atoms with E-state index in [1.807, 2.05) is 0 Å². The van der Waals surface area contributed by atoms with Crippen LogP contribution in [0.2, 0.25) is 5.02 Å². The largest absolute Gasteiger partial charge is 0.450 e. The minimum atomic E-state index is -4.00. The molecule has 1 heterocycles. The smallest absolute Gasteiger partial charge is 0.414 e. The fraction of sp³-hybridized carbons (Fsp3) is 0.174. The number of alkyl carbamates (subject to hydrolysis) is 1. The van der Waals surface area contributed by atoms with E-state index < -0.39 is 27.9 Å². The first kappa shape index (κ1) is 26.2. The number of carbonyl (C=O) groups excluding carboxylic acids is 3. The van der Waals surface area contributed by atoms with Crippen molar-refractivity contribution in [1.82, 2.24) is 5.32 Å². The van der Waals surface area contributed by atoms with E-state index in [0.717, 1.165) is 16.2 Å². The van der Waals surface area contributed by atoms with E-state index >= 15 is 0 Å². The lowest BCUT2D eigenvalue weighted by Gasteiger charge is -2.13. The molecule has 35 heavy (non-hydrogen) atoms. The molecule has 1 aromatic heterocycles. The number of carbonyl (C=O) groups is 3. The van der Waals surface area contributed by atoms with Gasteiger partial charge in [-0.25, -0.2) is 13.2 Å². The molecule has 3 N–H and O–H groups in total. The van der Waals surface area contributed by atoms with Gasteiger partial charge in [0.2, 0.25) is 0 Å². The van der Waals surface area contributed by atoms with Crippen molar-refractivity contribution in [1.29, 1.82) is 0 Å². The Morgan fingerprint density at radius 2 is 1.66 bits per heavy atom. The van der Waals surface area contributed by atoms with Gasteiger partial charge >= 0.3 is 6.09 Å². The zero-order valence-electron chi connectivity index (χ0n) is 19.0. The van der Waals surface area contributed by atoms with Gasteiger partial charge in [-0.1, -0.05) is 23.7 Å². The first-order chi connectivity index (χ1) is 16.5. The van der Waals surface area contributed by atoms with Crippen molar-refractivity contribution < 1.29 is 27.5 Å². The number of aryl methyl sites for hydroxylation is 1. The van der Waals surface area contributed by atoms with Crippen LogP contribution in [0.25, 0.3) is 0 Å². The number of rotatable bonds is 7. The Hall–Kier alpha value is -3.41. The van der Waals surface area contributed by atoms with Crippen LogP contribution in [0.3, 0.4) is 0 Å². The highest BCUT2D eigenvalue weighted by Gasteiger charge is 2.25. The molecule has 12 heteroatoms. The maximum absolute atomic E-state index is 13.1. The maximum Gasteiger partial charge on any atom is 0.414 e. The molecule has 0 aliphatic carbocycles. The summed E-state index contributed by atoms with van der Waals surface area (Å²) in [6.45, 7) is 5.15. The average molecular weight is 536 g/mol. The molecule has 0 radical (unpaired) electrons. The predicted molar refractivity (Wildman–Crippen MR) is 135 cm³/mol. The van der Waals surface area contributed by atoms with Crippen LogP contribution in [-0.4, -0.2) is 32.9 Å². The molecule has 0 unspecified atom stereocenters. The topological polar surface area (TPSA) is 131 Å². The first-order valence-electron chi connectivity index (χ1n) is 10.3. The Bertz CT molecular complexity index is 1380. The molecule has 0 fully saturated rings. The highest BCUT2D eigenvalue weighted by Crippen LogP contribution is 2.33. The Morgan fingerprint density at radius 1 is 1.00 bits per heavy atom. The Morgan fingerprint density at radius 3 is 2.31 bits per heavy atom. The number of amides is 3. The van der Waals surface area contributed by atoms with Gasteiger partial charge in [0.25, 0.3) is 21.8 Å². The second kappa shape index (κ2) is 10.9. The average Bonchev–Trinajstić information content (AvgIpc) is 3.07. The van der Waals surface area contributed by atoms with Crippen molar-refractivity contribution in [3.05, 3.63) is 75.1 Å². The molecule has 184 valence electrons. The number of nitrogens with one attached hydrogen (secondary N) is 3. The monoisotopic (exact) mass is 535 g/mol. The minimum Gasteiger partial charge on any atom is -0.450 e. The lowest BCUT2D eigenvalue weighted by molar-refractivity contribution is 0.0925. The summed E-state index contributed by atoms with van der Waals surface area (Å²) in [4.78, 5) is 38.3. The van der Waals surface area contributed by atoms with Crippen LogP contribution in [-0.2, 0) is 14.8 Å². The lowest BCUT2D eigenvalue weighted by atomic mass is 10.1. The van der Waals surface area contributed by atoms with Crippen LogP contribution in [0.1, 0.15) is 38.1 Å². The third kappa shape index (κ3) is 6.18. The Balaban J connectivity index is 1.88. The van der Waals surface area contributed by atoms with Crippen LogP contribution in [0, 0.1) is 13.8 Å². The third-order valence-corrected chi connectivity index (χ3v) is 7.63. The summed E-state index contributed by atoms with van der Waals surface area (Å²) in [7, 11) is -4.00. The summed E-state index contributed by atoms with van der Waals surface area (Å²) < 4.78 is 32.8. The molecular formula is C23H22ClN3O6S2. The Labute approximate surface area is 211 Å². The van der Waals surface area contributed by atoms with Crippen LogP contribution < -0.4 is 15.4 Å². The van der Waals surface area contributed by atoms with Crippen molar-refractivity contribution in [2.45, 2.75) is 25.7 Å². The van der Waals surface area contributed by atoms with E-state index in [1.54, 1.807) is 32.9 Å². The Kier molecular flexibility index (Phi) is 8.15. The minimum absolute atomic E-state index is 0.0282. The molecule has 0 aliphatic rings. The molecule has 0 saturated heterocycles. The number of benzene rings is 2. The number of sulfonamides is 1. The summed E-state index contributed by atoms with van der Waals surface area (Å²) in [5.41, 5.74) is 0.782. The molecule has 2 aromatic carbocycles. The van der Waals surface area contributed by atoms with Crippen LogP contribution in [0.4, 0.5) is 15.5 Å². The standard InChI is InChI=1S/C23H22ClN3O6S2/c1-4-33-23(30)26-21(29)19-13(2)14(3)34-22(19)25-20(28)17-7-5-6-8-18(17)27-35(31,32)16-11-9-15(24)10-12-16/h5-12,27H,4H2,1-3H3,(H,25,28)(H,26,29,30). The summed E-state index contributed by atoms with van der Waals surface area (Å²) in [6.07, 6.45) is -0.903. The van der Waals surface area contributed by atoms with Gasteiger partial charge in [0.15, 0.2) is 0 Å². The van der Waals surface area contributed by atoms with Crippen molar-refractivity contribution >= 4 is 61.6 Å². The molecule has 0 saturated carbocycles. The maximum atomic E-state index is 13.1. The summed E-state index contributed by atoms with van der Waals surface area (Å²) in [6, 6.07) is 11.6. The second-order valence-corrected chi connectivity index (χ2v) is 10.6. The molecule has 0 atom stereocenters. The molecule has 9 nitrogen and oxygen atoms in total. The highest BCUT2D eigenvalue weighted by molar-refractivity contribution is 7.92. The van der Waals surface area contributed by atoms with Gasteiger partial charge in [0.1, 0.15) is 5.00 Å². The van der Waals surface area contributed by atoms with Crippen molar-refractivity contribution in [3.63, 3.8) is 0 Å². The number of halogens is 1. The summed E-state index contributed by atoms with van der Waals surface area (Å²) in [5.74, 6) is -1.37. The second-order valence-electron chi connectivity index (χ2n) is 7.22. The third-order valence-electron chi connectivity index (χ3n) is 4.87. The van der Waals surface area contributed by atoms with Gasteiger partial charge in [0, 0.05) is 9.90 Å². The van der Waals surface area contributed by atoms with Crippen molar-refractivity contribution in [3.8, 4) is 0 Å². The van der Waals surface area contributed by atoms with Crippen LogP contribution >= 0.6 is 22.9 Å². The van der Waals surface area contributed by atoms with Crippen LogP contribution in [0.5, 0.6) is 0 Å². The SMILES string of the molecule is CCOC(=O)NC(=O)c1c(NC(=O)c2ccccc2NS(=O)(=O)c2ccc(Cl)cc2)sc(C)c1C. The van der Waals surface area contributed by atoms with Gasteiger partial charge in [-0.05, 0) is 62.7 Å². The number of hydrogen-bond acceptors (Lipinski definition) is 7. The molecule has 3 rings (SSSR count). The van der Waals surface area contributed by atoms with E-state index in [1.165, 1.54) is 36.4 Å². The zero-order valence-corrected chi connectivity index (χ0v) is 21.4. The van der Waals surface area contributed by atoms with Crippen LogP contribution in [0.15, 0.2) is 53.4 Å². The normalized spacial score (nSPS) is 11.0. The van der Waals surface area contributed by atoms with E-state index in [2.05, 4.69) is 15.4 Å². The molecular weight excluding hydrogens is 514 g/mol. The van der Waals surface area contributed by atoms with E-state index in [9.17, 15) is 22.8 Å². The predicted octanol–water partition coefficient (Wildman–Crippen LogP) is 4.96. The highest BCUT2D eigenvalue weighted by atomic mass is 35.5. The van der Waals surface area contributed by atoms with E-state index in [-0.39, 0.29) is 33.3 Å². The molecule has 0 aliphatic heterocycles. The molecule has 0 bridgehead atoms. The molecule has 0 spiro atoms. The van der Waals surface area contributed by atoms with Gasteiger partial charge in [-0.3, -0.25) is 19.6 Å². The first-order valence-corrected chi connectivity index (χ1v) is 13.0. The number of imide groups is 1. The number of thiophene rings is 1. The number of hydrogen-bond donors (Lipinski definition) is 3. The zero-order chi connectivity index (χ0) is 25.8. The summed E-state index contributed by atoms with van der Waals surface area (Å²) >= 11 is 6.99. The van der Waals surface area contributed by atoms with Gasteiger partial charge < -0.3 is 10.1 Å². The van der Waals surface area contributed by atoms with Gasteiger partial charge in [-0.2, -0.15) is 0 Å². The van der Waals surface area contributed by atoms with Crippen molar-refractivity contribution in [2.75, 3.05) is 16.6 Å². The van der Waals surface area contributed by atoms with Crippen molar-refractivity contribution in [2.24, 2.45) is 0 Å². The fourth-order valence-electron chi connectivity index (χ4n) is 3.07. The number of ether oxygens (including phenoxy) is 1. The molecule has 3 aromatic rings. The summed E-state index contributed by atoms with van der Waals surface area (Å²) in [5, 5.41) is 5.38. The van der Waals surface area contributed by atoms with E-state index in [0.29, 0.717) is 10.6 Å². The van der Waals surface area contributed by atoms with Gasteiger partial charge in [0.05, 0.1) is 28.3 Å². The number of anilines is 2. The number of para-hydroxylation sites is 1. The quantitative estimate of drug-likeness (QED) is 0.392. The lowest BCUT2D eigenvalue weighted by Crippen LogP contribution is -2.32. The van der Waals surface area contributed by atoms with E-state index in [4.69, 9.17) is 16.3 Å². The molecule has 3 amide bonds.